The van der Waals surface area contributed by atoms with Gasteiger partial charge in [0.1, 0.15) is 0 Å². The van der Waals surface area contributed by atoms with Crippen molar-refractivity contribution in [1.82, 2.24) is 4.90 Å². The Balaban J connectivity index is 1.74. The van der Waals surface area contributed by atoms with Gasteiger partial charge in [-0.1, -0.05) is 12.1 Å². The zero-order chi connectivity index (χ0) is 17.2. The highest BCUT2D eigenvalue weighted by Gasteiger charge is 2.34. The van der Waals surface area contributed by atoms with Gasteiger partial charge in [-0.2, -0.15) is 0 Å². The topological polar surface area (TPSA) is 69.7 Å². The molecular formula is C17H25N3O3S. The van der Waals surface area contributed by atoms with Crippen LogP contribution in [0.2, 0.25) is 0 Å². The number of nitrogens with one attached hydrogen (secondary N) is 1. The van der Waals surface area contributed by atoms with Crippen molar-refractivity contribution in [1.29, 1.82) is 0 Å². The molecule has 2 aliphatic rings. The molecule has 0 spiro atoms. The molecule has 7 heteroatoms. The minimum Gasteiger partial charge on any atom is -0.383 e. The van der Waals surface area contributed by atoms with Crippen molar-refractivity contribution >= 4 is 27.1 Å². The van der Waals surface area contributed by atoms with Crippen LogP contribution in [0.3, 0.4) is 0 Å². The molecule has 0 saturated carbocycles. The highest BCUT2D eigenvalue weighted by molar-refractivity contribution is 7.91. The molecule has 1 fully saturated rings. The number of carbonyl (C=O) groups is 1. The van der Waals surface area contributed by atoms with E-state index in [1.54, 1.807) is 4.90 Å². The highest BCUT2D eigenvalue weighted by atomic mass is 32.2. The molecule has 0 aromatic heterocycles. The molecule has 2 aliphatic heterocycles. The number of rotatable bonds is 4. The fourth-order valence-electron chi connectivity index (χ4n) is 3.59. The van der Waals surface area contributed by atoms with Crippen molar-refractivity contribution in [3.05, 3.63) is 24.3 Å². The van der Waals surface area contributed by atoms with Crippen LogP contribution in [0.5, 0.6) is 0 Å². The third-order valence-electron chi connectivity index (χ3n) is 4.80. The standard InChI is InChI=1S/C17H25N3O3S/c1-2-20(14-8-11-24(22,23)13-14)17(21)12-19-10-5-9-18-15-6-3-4-7-16(15)19/h3-4,6-7,14,18H,2,5,8-13H2,1H3. The van der Waals surface area contributed by atoms with Gasteiger partial charge in [0.05, 0.1) is 29.4 Å². The molecule has 1 atom stereocenters. The minimum atomic E-state index is -2.99. The molecule has 1 aromatic carbocycles. The molecule has 1 unspecified atom stereocenters. The van der Waals surface area contributed by atoms with E-state index in [0.717, 1.165) is 30.9 Å². The van der Waals surface area contributed by atoms with Gasteiger partial charge in [-0.05, 0) is 31.9 Å². The number of nitrogens with zero attached hydrogens (tertiary/aromatic N) is 2. The van der Waals surface area contributed by atoms with Crippen molar-refractivity contribution in [2.45, 2.75) is 25.8 Å². The first kappa shape index (κ1) is 17.1. The fraction of sp³-hybridized carbons (Fsp3) is 0.588. The van der Waals surface area contributed by atoms with Crippen LogP contribution in [0, 0.1) is 0 Å². The van der Waals surface area contributed by atoms with E-state index in [0.29, 0.717) is 19.5 Å². The Morgan fingerprint density at radius 2 is 2.17 bits per heavy atom. The van der Waals surface area contributed by atoms with E-state index in [4.69, 9.17) is 0 Å². The van der Waals surface area contributed by atoms with Gasteiger partial charge in [0.2, 0.25) is 5.91 Å². The predicted molar refractivity (Wildman–Crippen MR) is 96.2 cm³/mol. The third-order valence-corrected chi connectivity index (χ3v) is 6.55. The minimum absolute atomic E-state index is 0.0105. The van der Waals surface area contributed by atoms with Gasteiger partial charge >= 0.3 is 0 Å². The smallest absolute Gasteiger partial charge is 0.242 e. The quantitative estimate of drug-likeness (QED) is 0.887. The van der Waals surface area contributed by atoms with Crippen molar-refractivity contribution in [2.75, 3.05) is 47.9 Å². The first-order valence-corrected chi connectivity index (χ1v) is 10.4. The number of fused-ring (bicyclic) bond motifs is 1. The molecule has 132 valence electrons. The van der Waals surface area contributed by atoms with E-state index < -0.39 is 9.84 Å². The summed E-state index contributed by atoms with van der Waals surface area (Å²) in [6, 6.07) is 7.84. The predicted octanol–water partition coefficient (Wildman–Crippen LogP) is 1.34. The first-order valence-electron chi connectivity index (χ1n) is 8.58. The van der Waals surface area contributed by atoms with Gasteiger partial charge in [0, 0.05) is 25.7 Å². The van der Waals surface area contributed by atoms with Gasteiger partial charge in [-0.15, -0.1) is 0 Å². The Labute approximate surface area is 143 Å². The zero-order valence-corrected chi connectivity index (χ0v) is 14.9. The SMILES string of the molecule is CCN(C(=O)CN1CCCNc2ccccc21)C1CCS(=O)(=O)C1. The van der Waals surface area contributed by atoms with E-state index in [9.17, 15) is 13.2 Å². The van der Waals surface area contributed by atoms with Crippen molar-refractivity contribution in [3.63, 3.8) is 0 Å². The normalized spacial score (nSPS) is 22.4. The van der Waals surface area contributed by atoms with E-state index in [2.05, 4.69) is 10.2 Å². The van der Waals surface area contributed by atoms with Gasteiger partial charge in [0.15, 0.2) is 9.84 Å². The molecule has 2 heterocycles. The van der Waals surface area contributed by atoms with Crippen molar-refractivity contribution < 1.29 is 13.2 Å². The molecule has 24 heavy (non-hydrogen) atoms. The van der Waals surface area contributed by atoms with Crippen molar-refractivity contribution in [3.8, 4) is 0 Å². The summed E-state index contributed by atoms with van der Waals surface area (Å²) in [5.74, 6) is 0.305. The monoisotopic (exact) mass is 351 g/mol. The van der Waals surface area contributed by atoms with Crippen LogP contribution < -0.4 is 10.2 Å². The summed E-state index contributed by atoms with van der Waals surface area (Å²) in [7, 11) is -2.99. The molecular weight excluding hydrogens is 326 g/mol. The van der Waals surface area contributed by atoms with Gasteiger partial charge < -0.3 is 15.1 Å². The highest BCUT2D eigenvalue weighted by Crippen LogP contribution is 2.28. The van der Waals surface area contributed by atoms with Crippen LogP contribution in [-0.2, 0) is 14.6 Å². The van der Waals surface area contributed by atoms with Crippen LogP contribution in [0.1, 0.15) is 19.8 Å². The average molecular weight is 351 g/mol. The summed E-state index contributed by atoms with van der Waals surface area (Å²) >= 11 is 0. The summed E-state index contributed by atoms with van der Waals surface area (Å²) in [5, 5.41) is 3.39. The molecule has 1 amide bonds. The van der Waals surface area contributed by atoms with Gasteiger partial charge in [-0.25, -0.2) is 8.42 Å². The maximum Gasteiger partial charge on any atom is 0.242 e. The van der Waals surface area contributed by atoms with E-state index in [1.165, 1.54) is 0 Å². The van der Waals surface area contributed by atoms with Gasteiger partial charge in [0.25, 0.3) is 0 Å². The molecule has 1 N–H and O–H groups in total. The Bertz CT molecular complexity index is 705. The lowest BCUT2D eigenvalue weighted by atomic mass is 10.2. The lowest BCUT2D eigenvalue weighted by molar-refractivity contribution is -0.131. The van der Waals surface area contributed by atoms with Crippen LogP contribution in [-0.4, -0.2) is 63.0 Å². The van der Waals surface area contributed by atoms with Crippen molar-refractivity contribution in [2.24, 2.45) is 0 Å². The second-order valence-corrected chi connectivity index (χ2v) is 8.68. The largest absolute Gasteiger partial charge is 0.383 e. The lowest BCUT2D eigenvalue weighted by Crippen LogP contribution is -2.46. The van der Waals surface area contributed by atoms with E-state index in [1.807, 2.05) is 31.2 Å². The molecule has 6 nitrogen and oxygen atoms in total. The molecule has 0 radical (unpaired) electrons. The Morgan fingerprint density at radius 1 is 1.38 bits per heavy atom. The van der Waals surface area contributed by atoms with E-state index >= 15 is 0 Å². The Kier molecular flexibility index (Phi) is 4.99. The number of amides is 1. The number of para-hydroxylation sites is 2. The molecule has 0 aliphatic carbocycles. The maximum absolute atomic E-state index is 12.8. The molecule has 1 saturated heterocycles. The Morgan fingerprint density at radius 3 is 2.88 bits per heavy atom. The van der Waals surface area contributed by atoms with Crippen LogP contribution in [0.25, 0.3) is 0 Å². The zero-order valence-electron chi connectivity index (χ0n) is 14.1. The Hall–Kier alpha value is -1.76. The number of hydrogen-bond donors (Lipinski definition) is 1. The molecule has 0 bridgehead atoms. The second kappa shape index (κ2) is 7.01. The van der Waals surface area contributed by atoms with Gasteiger partial charge in [-0.3, -0.25) is 4.79 Å². The second-order valence-electron chi connectivity index (χ2n) is 6.46. The number of likely N-dealkylation sites (N-methyl/N-ethyl adjacent to an activating group) is 1. The summed E-state index contributed by atoms with van der Waals surface area (Å²) in [4.78, 5) is 16.7. The number of sulfone groups is 1. The maximum atomic E-state index is 12.8. The number of carbonyl (C=O) groups excluding carboxylic acids is 1. The third kappa shape index (κ3) is 3.66. The summed E-state index contributed by atoms with van der Waals surface area (Å²) in [5.41, 5.74) is 2.09. The number of benzene rings is 1. The number of anilines is 2. The first-order chi connectivity index (χ1) is 11.5. The van der Waals surface area contributed by atoms with Crippen LogP contribution in [0.4, 0.5) is 11.4 Å². The average Bonchev–Trinajstić information content (AvgIpc) is 2.79. The lowest BCUT2D eigenvalue weighted by Gasteiger charge is -2.31. The molecule has 1 aromatic rings. The molecule has 3 rings (SSSR count). The van der Waals surface area contributed by atoms with E-state index in [-0.39, 0.29) is 23.5 Å². The summed E-state index contributed by atoms with van der Waals surface area (Å²) in [6.45, 7) is 4.47. The summed E-state index contributed by atoms with van der Waals surface area (Å²) in [6.07, 6.45) is 1.52. The number of hydrogen-bond acceptors (Lipinski definition) is 5. The van der Waals surface area contributed by atoms with Crippen LogP contribution in [0.15, 0.2) is 24.3 Å². The van der Waals surface area contributed by atoms with Crippen LogP contribution >= 0.6 is 0 Å². The fourth-order valence-corrected chi connectivity index (χ4v) is 5.32. The summed E-state index contributed by atoms with van der Waals surface area (Å²) < 4.78 is 23.5.